The van der Waals surface area contributed by atoms with Gasteiger partial charge in [-0.1, -0.05) is 11.6 Å². The Hall–Kier alpha value is -0.910. The zero-order chi connectivity index (χ0) is 13.0. The Balaban J connectivity index is 1.89. The van der Waals surface area contributed by atoms with Crippen LogP contribution in [0.4, 0.5) is 0 Å². The van der Waals surface area contributed by atoms with Gasteiger partial charge in [-0.3, -0.25) is 4.79 Å². The molecule has 1 aromatic heterocycles. The fourth-order valence-electron chi connectivity index (χ4n) is 1.40. The van der Waals surface area contributed by atoms with Gasteiger partial charge < -0.3 is 5.32 Å². The van der Waals surface area contributed by atoms with Crippen LogP contribution >= 0.6 is 38.9 Å². The molecular formula is C12H10BrClN2OS. The van der Waals surface area contributed by atoms with Gasteiger partial charge in [-0.2, -0.15) is 0 Å². The van der Waals surface area contributed by atoms with Gasteiger partial charge in [-0.15, -0.1) is 11.3 Å². The molecule has 0 saturated carbocycles. The van der Waals surface area contributed by atoms with E-state index in [0.717, 1.165) is 15.9 Å². The topological polar surface area (TPSA) is 42.0 Å². The lowest BCUT2D eigenvalue weighted by Gasteiger charge is -2.05. The maximum absolute atomic E-state index is 11.8. The normalized spacial score (nSPS) is 10.3. The molecule has 1 aromatic carbocycles. The molecule has 0 fully saturated rings. The summed E-state index contributed by atoms with van der Waals surface area (Å²) in [4.78, 5) is 16.0. The largest absolute Gasteiger partial charge is 0.352 e. The molecule has 0 bridgehead atoms. The zero-order valence-corrected chi connectivity index (χ0v) is 12.5. The number of hydrogen-bond acceptors (Lipinski definition) is 3. The first-order valence-electron chi connectivity index (χ1n) is 5.28. The first-order chi connectivity index (χ1) is 8.66. The number of amides is 1. The summed E-state index contributed by atoms with van der Waals surface area (Å²) in [5.74, 6) is -0.107. The SMILES string of the molecule is O=C(NCCc1nccs1)c1ccc(Cl)c(Br)c1. The molecule has 0 aliphatic carbocycles. The van der Waals surface area contributed by atoms with Gasteiger partial charge in [0.05, 0.1) is 10.0 Å². The average molecular weight is 346 g/mol. The molecule has 2 aromatic rings. The lowest BCUT2D eigenvalue weighted by Crippen LogP contribution is -2.25. The molecule has 0 spiro atoms. The smallest absolute Gasteiger partial charge is 0.251 e. The van der Waals surface area contributed by atoms with Crippen molar-refractivity contribution >= 4 is 44.8 Å². The minimum Gasteiger partial charge on any atom is -0.352 e. The molecule has 94 valence electrons. The first-order valence-corrected chi connectivity index (χ1v) is 7.33. The maximum atomic E-state index is 11.8. The molecule has 0 unspecified atom stereocenters. The Morgan fingerprint density at radius 1 is 1.50 bits per heavy atom. The number of nitrogens with one attached hydrogen (secondary N) is 1. The fourth-order valence-corrected chi connectivity index (χ4v) is 2.52. The van der Waals surface area contributed by atoms with Gasteiger partial charge in [-0.05, 0) is 34.1 Å². The third-order valence-electron chi connectivity index (χ3n) is 2.29. The van der Waals surface area contributed by atoms with Crippen molar-refractivity contribution in [2.45, 2.75) is 6.42 Å². The fraction of sp³-hybridized carbons (Fsp3) is 0.167. The summed E-state index contributed by atoms with van der Waals surface area (Å²) in [5, 5.41) is 6.38. The van der Waals surface area contributed by atoms with Crippen molar-refractivity contribution in [1.82, 2.24) is 10.3 Å². The molecule has 1 amide bonds. The first kappa shape index (κ1) is 13.5. The lowest BCUT2D eigenvalue weighted by molar-refractivity contribution is 0.0954. The highest BCUT2D eigenvalue weighted by molar-refractivity contribution is 9.10. The molecule has 0 aliphatic rings. The predicted molar refractivity (Wildman–Crippen MR) is 77.3 cm³/mol. The molecule has 0 radical (unpaired) electrons. The number of carbonyl (C=O) groups excluding carboxylic acids is 1. The second-order valence-corrected chi connectivity index (χ2v) is 5.80. The minimum absolute atomic E-state index is 0.107. The standard InChI is InChI=1S/C12H10BrClN2OS/c13-9-7-8(1-2-10(9)14)12(17)16-4-3-11-15-5-6-18-11/h1-2,5-7H,3-4H2,(H,16,17). The Morgan fingerprint density at radius 2 is 2.33 bits per heavy atom. The van der Waals surface area contributed by atoms with Crippen LogP contribution in [0.3, 0.4) is 0 Å². The van der Waals surface area contributed by atoms with E-state index < -0.39 is 0 Å². The molecule has 0 aliphatic heterocycles. The van der Waals surface area contributed by atoms with E-state index in [1.807, 2.05) is 5.38 Å². The van der Waals surface area contributed by atoms with Crippen LogP contribution in [0, 0.1) is 0 Å². The van der Waals surface area contributed by atoms with Gasteiger partial charge >= 0.3 is 0 Å². The van der Waals surface area contributed by atoms with Crippen molar-refractivity contribution in [3.63, 3.8) is 0 Å². The summed E-state index contributed by atoms with van der Waals surface area (Å²) in [7, 11) is 0. The van der Waals surface area contributed by atoms with Crippen LogP contribution in [0.1, 0.15) is 15.4 Å². The van der Waals surface area contributed by atoms with Gasteiger partial charge in [0.15, 0.2) is 0 Å². The van der Waals surface area contributed by atoms with Crippen LogP contribution in [0.5, 0.6) is 0 Å². The van der Waals surface area contributed by atoms with Crippen molar-refractivity contribution in [2.75, 3.05) is 6.54 Å². The molecule has 0 saturated heterocycles. The summed E-state index contributed by atoms with van der Waals surface area (Å²) in [6, 6.07) is 5.11. The molecule has 6 heteroatoms. The number of carbonyl (C=O) groups is 1. The Labute approximate surface area is 122 Å². The van der Waals surface area contributed by atoms with Gasteiger partial charge in [0.1, 0.15) is 0 Å². The Bertz CT molecular complexity index is 545. The maximum Gasteiger partial charge on any atom is 0.251 e. The number of nitrogens with zero attached hydrogens (tertiary/aromatic N) is 1. The van der Waals surface area contributed by atoms with Crippen molar-refractivity contribution in [1.29, 1.82) is 0 Å². The summed E-state index contributed by atoms with van der Waals surface area (Å²) in [5.41, 5.74) is 0.588. The van der Waals surface area contributed by atoms with Crippen LogP contribution in [0.2, 0.25) is 5.02 Å². The highest BCUT2D eigenvalue weighted by Crippen LogP contribution is 2.23. The van der Waals surface area contributed by atoms with E-state index in [0.29, 0.717) is 17.1 Å². The minimum atomic E-state index is -0.107. The van der Waals surface area contributed by atoms with Gasteiger partial charge in [-0.25, -0.2) is 4.98 Å². The van der Waals surface area contributed by atoms with Crippen molar-refractivity contribution in [2.24, 2.45) is 0 Å². The molecule has 18 heavy (non-hydrogen) atoms. The number of rotatable bonds is 4. The van der Waals surface area contributed by atoms with E-state index in [9.17, 15) is 4.79 Å². The van der Waals surface area contributed by atoms with Crippen LogP contribution in [0.15, 0.2) is 34.2 Å². The van der Waals surface area contributed by atoms with E-state index in [2.05, 4.69) is 26.2 Å². The third kappa shape index (κ3) is 3.54. The van der Waals surface area contributed by atoms with Crippen LogP contribution in [-0.4, -0.2) is 17.4 Å². The molecule has 1 heterocycles. The number of benzene rings is 1. The molecule has 0 atom stereocenters. The number of thiazole rings is 1. The van der Waals surface area contributed by atoms with Crippen LogP contribution in [0.25, 0.3) is 0 Å². The van der Waals surface area contributed by atoms with E-state index in [1.54, 1.807) is 35.7 Å². The molecule has 1 N–H and O–H groups in total. The van der Waals surface area contributed by atoms with Crippen molar-refractivity contribution in [3.05, 3.63) is 49.8 Å². The zero-order valence-electron chi connectivity index (χ0n) is 9.32. The Morgan fingerprint density at radius 3 is 3.00 bits per heavy atom. The Kier molecular flexibility index (Phi) is 4.74. The number of hydrogen-bond donors (Lipinski definition) is 1. The summed E-state index contributed by atoms with van der Waals surface area (Å²) >= 11 is 10.8. The highest BCUT2D eigenvalue weighted by atomic mass is 79.9. The summed E-state index contributed by atoms with van der Waals surface area (Å²) in [6.45, 7) is 0.576. The van der Waals surface area contributed by atoms with E-state index in [4.69, 9.17) is 11.6 Å². The average Bonchev–Trinajstić information content (AvgIpc) is 2.85. The number of halogens is 2. The van der Waals surface area contributed by atoms with Gasteiger partial charge in [0.25, 0.3) is 5.91 Å². The van der Waals surface area contributed by atoms with E-state index in [-0.39, 0.29) is 5.91 Å². The van der Waals surface area contributed by atoms with Crippen LogP contribution < -0.4 is 5.32 Å². The second-order valence-electron chi connectivity index (χ2n) is 3.56. The second kappa shape index (κ2) is 6.31. The predicted octanol–water partition coefficient (Wildman–Crippen LogP) is 3.53. The van der Waals surface area contributed by atoms with Crippen molar-refractivity contribution < 1.29 is 4.79 Å². The monoisotopic (exact) mass is 344 g/mol. The van der Waals surface area contributed by atoms with Gasteiger partial charge in [0.2, 0.25) is 0 Å². The third-order valence-corrected chi connectivity index (χ3v) is 4.34. The lowest BCUT2D eigenvalue weighted by atomic mass is 10.2. The molecular weight excluding hydrogens is 336 g/mol. The summed E-state index contributed by atoms with van der Waals surface area (Å²) < 4.78 is 0.719. The van der Waals surface area contributed by atoms with Crippen molar-refractivity contribution in [3.8, 4) is 0 Å². The highest BCUT2D eigenvalue weighted by Gasteiger charge is 2.07. The molecule has 3 nitrogen and oxygen atoms in total. The molecule has 2 rings (SSSR count). The quantitative estimate of drug-likeness (QED) is 0.921. The van der Waals surface area contributed by atoms with E-state index in [1.165, 1.54) is 0 Å². The van der Waals surface area contributed by atoms with Gasteiger partial charge in [0, 0.05) is 34.6 Å². The van der Waals surface area contributed by atoms with E-state index >= 15 is 0 Å². The summed E-state index contributed by atoms with van der Waals surface area (Å²) in [6.07, 6.45) is 2.51. The number of aromatic nitrogens is 1. The van der Waals surface area contributed by atoms with Crippen LogP contribution in [-0.2, 0) is 6.42 Å².